The summed E-state index contributed by atoms with van der Waals surface area (Å²) in [5, 5.41) is 10.7. The largest absolute Gasteiger partial charge is 0.573 e. The van der Waals surface area contributed by atoms with Crippen molar-refractivity contribution in [3.8, 4) is 5.75 Å². The van der Waals surface area contributed by atoms with Gasteiger partial charge in [0.15, 0.2) is 0 Å². The van der Waals surface area contributed by atoms with Gasteiger partial charge in [0.1, 0.15) is 12.3 Å². The van der Waals surface area contributed by atoms with Gasteiger partial charge in [0, 0.05) is 5.92 Å². The molecule has 1 aromatic rings. The zero-order valence-electron chi connectivity index (χ0n) is 10.7. The van der Waals surface area contributed by atoms with Crippen molar-refractivity contribution >= 4 is 11.9 Å². The van der Waals surface area contributed by atoms with E-state index in [0.29, 0.717) is 12.0 Å². The maximum absolute atomic E-state index is 12.3. The summed E-state index contributed by atoms with van der Waals surface area (Å²) in [7, 11) is 0. The Kier molecular flexibility index (Phi) is 4.06. The zero-order chi connectivity index (χ0) is 15.6. The Labute approximate surface area is 117 Å². The number of alkyl halides is 3. The molecule has 8 heteroatoms. The standard InChI is InChI=1S/C13H12F3NO4/c14-13(15,16)21-10-4-2-1-3-7(10)8-5-9(8)12(20)17-6-11(18)19/h1-4,8-9H,5-6H2,(H,17,20)(H,18,19). The minimum atomic E-state index is -4.80. The molecule has 0 bridgehead atoms. The van der Waals surface area contributed by atoms with Gasteiger partial charge in [-0.2, -0.15) is 0 Å². The van der Waals surface area contributed by atoms with Gasteiger partial charge in [0.25, 0.3) is 0 Å². The van der Waals surface area contributed by atoms with Crippen LogP contribution in [0.4, 0.5) is 13.2 Å². The Morgan fingerprint density at radius 1 is 1.33 bits per heavy atom. The summed E-state index contributed by atoms with van der Waals surface area (Å²) >= 11 is 0. The van der Waals surface area contributed by atoms with Crippen molar-refractivity contribution in [2.45, 2.75) is 18.7 Å². The average Bonchev–Trinajstić information content (AvgIpc) is 3.15. The Morgan fingerprint density at radius 3 is 2.62 bits per heavy atom. The lowest BCUT2D eigenvalue weighted by Crippen LogP contribution is -2.30. The van der Waals surface area contributed by atoms with E-state index >= 15 is 0 Å². The number of carboxylic acids is 1. The van der Waals surface area contributed by atoms with Crippen LogP contribution in [0.5, 0.6) is 5.75 Å². The number of carbonyl (C=O) groups is 2. The summed E-state index contributed by atoms with van der Waals surface area (Å²) in [6, 6.07) is 5.62. The number of carboxylic acid groups (broad SMARTS) is 1. The normalized spacial score (nSPS) is 20.7. The van der Waals surface area contributed by atoms with E-state index in [2.05, 4.69) is 10.1 Å². The Morgan fingerprint density at radius 2 is 2.00 bits per heavy atom. The summed E-state index contributed by atoms with van der Waals surface area (Å²) in [6.07, 6.45) is -4.43. The number of rotatable bonds is 5. The van der Waals surface area contributed by atoms with Gasteiger partial charge in [0.2, 0.25) is 5.91 Å². The summed E-state index contributed by atoms with van der Waals surface area (Å²) in [4.78, 5) is 22.0. The smallest absolute Gasteiger partial charge is 0.480 e. The molecule has 1 amide bonds. The van der Waals surface area contributed by atoms with Gasteiger partial charge in [-0.1, -0.05) is 18.2 Å². The van der Waals surface area contributed by atoms with Gasteiger partial charge >= 0.3 is 12.3 Å². The SMILES string of the molecule is O=C(O)CNC(=O)C1CC1c1ccccc1OC(F)(F)F. The first-order valence-corrected chi connectivity index (χ1v) is 6.12. The number of benzene rings is 1. The molecule has 114 valence electrons. The second-order valence-corrected chi connectivity index (χ2v) is 4.65. The van der Waals surface area contributed by atoms with Gasteiger partial charge in [0.05, 0.1) is 0 Å². The van der Waals surface area contributed by atoms with Crippen LogP contribution in [0.2, 0.25) is 0 Å². The van der Waals surface area contributed by atoms with Crippen LogP contribution in [0.1, 0.15) is 17.9 Å². The Hall–Kier alpha value is -2.25. The maximum atomic E-state index is 12.3. The van der Waals surface area contributed by atoms with Crippen LogP contribution in [-0.2, 0) is 9.59 Å². The van der Waals surface area contributed by atoms with Crippen LogP contribution < -0.4 is 10.1 Å². The van der Waals surface area contributed by atoms with E-state index in [1.807, 2.05) is 0 Å². The second kappa shape index (κ2) is 5.63. The minimum absolute atomic E-state index is 0.297. The number of hydrogen-bond acceptors (Lipinski definition) is 3. The summed E-state index contributed by atoms with van der Waals surface area (Å²) < 4.78 is 40.8. The molecule has 0 radical (unpaired) electrons. The quantitative estimate of drug-likeness (QED) is 0.871. The average molecular weight is 303 g/mol. The van der Waals surface area contributed by atoms with Crippen LogP contribution in [0, 0.1) is 5.92 Å². The topological polar surface area (TPSA) is 75.6 Å². The zero-order valence-corrected chi connectivity index (χ0v) is 10.7. The molecular weight excluding hydrogens is 291 g/mol. The van der Waals surface area contributed by atoms with Crippen molar-refractivity contribution in [1.82, 2.24) is 5.32 Å². The van der Waals surface area contributed by atoms with Crippen LogP contribution in [-0.4, -0.2) is 29.9 Å². The lowest BCUT2D eigenvalue weighted by atomic mass is 10.1. The number of carbonyl (C=O) groups excluding carboxylic acids is 1. The first-order valence-electron chi connectivity index (χ1n) is 6.12. The molecule has 2 atom stereocenters. The monoisotopic (exact) mass is 303 g/mol. The minimum Gasteiger partial charge on any atom is -0.480 e. The molecule has 2 unspecified atom stereocenters. The number of hydrogen-bond donors (Lipinski definition) is 2. The molecule has 0 saturated heterocycles. The summed E-state index contributed by atoms with van der Waals surface area (Å²) in [5.41, 5.74) is 0.297. The molecule has 0 spiro atoms. The molecule has 1 fully saturated rings. The number of halogens is 3. The molecule has 1 aromatic carbocycles. The van der Waals surface area contributed by atoms with E-state index in [1.54, 1.807) is 6.07 Å². The van der Waals surface area contributed by atoms with E-state index < -0.39 is 36.6 Å². The van der Waals surface area contributed by atoms with E-state index in [-0.39, 0.29) is 5.75 Å². The van der Waals surface area contributed by atoms with Gasteiger partial charge < -0.3 is 15.2 Å². The molecule has 1 saturated carbocycles. The number of ether oxygens (including phenoxy) is 1. The first kappa shape index (κ1) is 15.1. The van der Waals surface area contributed by atoms with Crippen molar-refractivity contribution in [3.63, 3.8) is 0 Å². The highest BCUT2D eigenvalue weighted by atomic mass is 19.4. The summed E-state index contributed by atoms with van der Waals surface area (Å²) in [6.45, 7) is -0.511. The number of amides is 1. The fourth-order valence-electron chi connectivity index (χ4n) is 2.13. The molecule has 1 aliphatic rings. The van der Waals surface area contributed by atoms with E-state index in [1.165, 1.54) is 18.2 Å². The third-order valence-electron chi connectivity index (χ3n) is 3.09. The van der Waals surface area contributed by atoms with Gasteiger partial charge in [-0.25, -0.2) is 0 Å². The van der Waals surface area contributed by atoms with Crippen LogP contribution in [0.15, 0.2) is 24.3 Å². The van der Waals surface area contributed by atoms with Crippen LogP contribution in [0.3, 0.4) is 0 Å². The second-order valence-electron chi connectivity index (χ2n) is 4.65. The third kappa shape index (κ3) is 4.11. The Bertz CT molecular complexity index is 559. The lowest BCUT2D eigenvalue weighted by Gasteiger charge is -2.13. The van der Waals surface area contributed by atoms with Crippen LogP contribution >= 0.6 is 0 Å². The fourth-order valence-corrected chi connectivity index (χ4v) is 2.13. The fraction of sp³-hybridized carbons (Fsp3) is 0.385. The molecule has 2 N–H and O–H groups in total. The van der Waals surface area contributed by atoms with Gasteiger partial charge in [-0.15, -0.1) is 13.2 Å². The highest BCUT2D eigenvalue weighted by molar-refractivity contribution is 5.86. The predicted octanol–water partition coefficient (Wildman–Crippen LogP) is 1.89. The number of para-hydroxylation sites is 1. The van der Waals surface area contributed by atoms with E-state index in [9.17, 15) is 22.8 Å². The van der Waals surface area contributed by atoms with Crippen LogP contribution in [0.25, 0.3) is 0 Å². The number of aliphatic carboxylic acids is 1. The predicted molar refractivity (Wildman–Crippen MR) is 64.6 cm³/mol. The molecule has 2 rings (SSSR count). The highest BCUT2D eigenvalue weighted by Crippen LogP contribution is 2.50. The van der Waals surface area contributed by atoms with Gasteiger partial charge in [-0.05, 0) is 24.0 Å². The van der Waals surface area contributed by atoms with Crippen molar-refractivity contribution in [1.29, 1.82) is 0 Å². The van der Waals surface area contributed by atoms with Crippen molar-refractivity contribution < 1.29 is 32.6 Å². The highest BCUT2D eigenvalue weighted by Gasteiger charge is 2.46. The molecule has 1 aliphatic carbocycles. The van der Waals surface area contributed by atoms with E-state index in [4.69, 9.17) is 5.11 Å². The molecule has 0 heterocycles. The van der Waals surface area contributed by atoms with Crippen molar-refractivity contribution in [2.24, 2.45) is 5.92 Å². The van der Waals surface area contributed by atoms with Gasteiger partial charge in [-0.3, -0.25) is 9.59 Å². The molecule has 5 nitrogen and oxygen atoms in total. The third-order valence-corrected chi connectivity index (χ3v) is 3.09. The first-order chi connectivity index (χ1) is 9.78. The lowest BCUT2D eigenvalue weighted by molar-refractivity contribution is -0.274. The van der Waals surface area contributed by atoms with Crippen molar-refractivity contribution in [2.75, 3.05) is 6.54 Å². The molecule has 21 heavy (non-hydrogen) atoms. The van der Waals surface area contributed by atoms with E-state index in [0.717, 1.165) is 0 Å². The maximum Gasteiger partial charge on any atom is 0.573 e. The summed E-state index contributed by atoms with van der Waals surface area (Å²) in [5.74, 6) is -2.91. The molecule has 0 aromatic heterocycles. The Balaban J connectivity index is 2.04. The number of nitrogens with one attached hydrogen (secondary N) is 1. The van der Waals surface area contributed by atoms with Crippen molar-refractivity contribution in [3.05, 3.63) is 29.8 Å². The molecule has 0 aliphatic heterocycles. The molecular formula is C13H12F3NO4.